The summed E-state index contributed by atoms with van der Waals surface area (Å²) in [5, 5.41) is 5.66. The van der Waals surface area contributed by atoms with Crippen molar-refractivity contribution in [3.63, 3.8) is 0 Å². The van der Waals surface area contributed by atoms with Crippen LogP contribution in [0.4, 0.5) is 10.1 Å². The summed E-state index contributed by atoms with van der Waals surface area (Å²) in [7, 11) is 0. The van der Waals surface area contributed by atoms with Crippen molar-refractivity contribution in [3.05, 3.63) is 71.0 Å². The average Bonchev–Trinajstić information content (AvgIpc) is 3.10. The van der Waals surface area contributed by atoms with Gasteiger partial charge in [0.1, 0.15) is 23.5 Å². The molecule has 0 spiro atoms. The molecule has 0 radical (unpaired) electrons. The number of hydrogen-bond donors (Lipinski definition) is 2. The molecular weight excluding hydrogens is 379 g/mol. The molecule has 9 heteroatoms. The summed E-state index contributed by atoms with van der Waals surface area (Å²) in [6, 6.07) is 12.4. The van der Waals surface area contributed by atoms with Gasteiger partial charge < -0.3 is 15.1 Å². The summed E-state index contributed by atoms with van der Waals surface area (Å²) in [4.78, 5) is 40.8. The monoisotopic (exact) mass is 394 g/mol. The predicted molar refractivity (Wildman–Crippen MR) is 104 cm³/mol. The van der Waals surface area contributed by atoms with Crippen molar-refractivity contribution in [2.45, 2.75) is 6.54 Å². The molecule has 0 saturated carbocycles. The van der Waals surface area contributed by atoms with Gasteiger partial charge in [-0.25, -0.2) is 9.37 Å². The van der Waals surface area contributed by atoms with Crippen molar-refractivity contribution in [2.75, 3.05) is 11.9 Å². The van der Waals surface area contributed by atoms with Crippen LogP contribution in [0.1, 0.15) is 0 Å². The van der Waals surface area contributed by atoms with Crippen LogP contribution in [-0.2, 0) is 16.1 Å². The van der Waals surface area contributed by atoms with Crippen LogP contribution in [0.5, 0.6) is 0 Å². The van der Waals surface area contributed by atoms with E-state index in [1.165, 1.54) is 30.6 Å². The third kappa shape index (κ3) is 3.84. The molecular formula is C20H15FN4O4. The van der Waals surface area contributed by atoms with Crippen molar-refractivity contribution in [1.82, 2.24) is 14.9 Å². The Kier molecular flexibility index (Phi) is 4.78. The highest BCUT2D eigenvalue weighted by Crippen LogP contribution is 2.23. The lowest BCUT2D eigenvalue weighted by atomic mass is 10.2. The van der Waals surface area contributed by atoms with Gasteiger partial charge in [0.2, 0.25) is 17.4 Å². The Bertz CT molecular complexity index is 1280. The summed E-state index contributed by atoms with van der Waals surface area (Å²) in [6.45, 7) is -0.617. The van der Waals surface area contributed by atoms with Gasteiger partial charge in [0, 0.05) is 11.1 Å². The van der Waals surface area contributed by atoms with Crippen LogP contribution in [0.25, 0.3) is 22.1 Å². The van der Waals surface area contributed by atoms with Gasteiger partial charge >= 0.3 is 0 Å². The molecule has 146 valence electrons. The fraction of sp³-hybridized carbons (Fsp3) is 0.100. The lowest BCUT2D eigenvalue weighted by molar-refractivity contribution is -0.124. The van der Waals surface area contributed by atoms with Gasteiger partial charge in [-0.15, -0.1) is 0 Å². The zero-order chi connectivity index (χ0) is 20.4. The molecule has 0 unspecified atom stereocenters. The zero-order valence-corrected chi connectivity index (χ0v) is 15.0. The van der Waals surface area contributed by atoms with Crippen LogP contribution in [0.3, 0.4) is 0 Å². The summed E-state index contributed by atoms with van der Waals surface area (Å²) < 4.78 is 19.5. The zero-order valence-electron chi connectivity index (χ0n) is 15.0. The molecule has 4 rings (SSSR count). The van der Waals surface area contributed by atoms with E-state index in [1.807, 2.05) is 6.07 Å². The molecule has 0 fully saturated rings. The van der Waals surface area contributed by atoms with E-state index in [4.69, 9.17) is 4.42 Å². The Morgan fingerprint density at radius 2 is 1.83 bits per heavy atom. The molecule has 2 N–H and O–H groups in total. The minimum Gasteiger partial charge on any atom is -0.448 e. The van der Waals surface area contributed by atoms with E-state index in [0.717, 1.165) is 4.57 Å². The number of carbonyl (C=O) groups is 2. The van der Waals surface area contributed by atoms with E-state index in [-0.39, 0.29) is 18.7 Å². The maximum atomic E-state index is 12.9. The number of amides is 2. The Balaban J connectivity index is 1.41. The summed E-state index contributed by atoms with van der Waals surface area (Å²) in [5.74, 6) is -1.45. The Labute approximate surface area is 163 Å². The molecule has 0 atom stereocenters. The highest BCUT2D eigenvalue weighted by Gasteiger charge is 2.15. The lowest BCUT2D eigenvalue weighted by Crippen LogP contribution is -2.37. The quantitative estimate of drug-likeness (QED) is 0.539. The number of hydrogen-bond acceptors (Lipinski definition) is 5. The van der Waals surface area contributed by atoms with Crippen molar-refractivity contribution < 1.29 is 18.4 Å². The number of carbonyl (C=O) groups excluding carboxylic acids is 2. The predicted octanol–water partition coefficient (Wildman–Crippen LogP) is 2.04. The standard InChI is InChI=1S/C20H15FN4O4/c21-12-5-7-13(8-6-12)24-16(26)9-22-17(27)10-25-11-23-18-14-3-1-2-4-15(14)29-19(18)20(25)28/h1-8,11H,9-10H2,(H,22,27)(H,24,26). The van der Waals surface area contributed by atoms with Crippen LogP contribution < -0.4 is 16.2 Å². The highest BCUT2D eigenvalue weighted by molar-refractivity contribution is 6.01. The van der Waals surface area contributed by atoms with Crippen molar-refractivity contribution in [1.29, 1.82) is 0 Å². The van der Waals surface area contributed by atoms with E-state index in [2.05, 4.69) is 15.6 Å². The molecule has 0 bridgehead atoms. The lowest BCUT2D eigenvalue weighted by Gasteiger charge is -2.08. The molecule has 0 aliphatic rings. The molecule has 2 heterocycles. The molecule has 0 aliphatic carbocycles. The molecule has 0 aliphatic heterocycles. The van der Waals surface area contributed by atoms with Gasteiger partial charge in [-0.3, -0.25) is 19.0 Å². The Hall–Kier alpha value is -4.01. The molecule has 0 saturated heterocycles. The van der Waals surface area contributed by atoms with Crippen LogP contribution >= 0.6 is 0 Å². The third-order valence-electron chi connectivity index (χ3n) is 4.24. The van der Waals surface area contributed by atoms with Crippen molar-refractivity contribution in [2.24, 2.45) is 0 Å². The minimum atomic E-state index is -0.543. The van der Waals surface area contributed by atoms with Crippen LogP contribution in [0, 0.1) is 5.82 Å². The number of rotatable bonds is 5. The number of halogens is 1. The number of nitrogens with one attached hydrogen (secondary N) is 2. The van der Waals surface area contributed by atoms with Gasteiger partial charge in [-0.05, 0) is 36.4 Å². The SMILES string of the molecule is O=C(Cn1cnc2c(oc3ccccc32)c1=O)NCC(=O)Nc1ccc(F)cc1. The van der Waals surface area contributed by atoms with Crippen LogP contribution in [0.2, 0.25) is 0 Å². The van der Waals surface area contributed by atoms with Crippen LogP contribution in [0.15, 0.2) is 64.1 Å². The molecule has 2 amide bonds. The second kappa shape index (κ2) is 7.55. The van der Waals surface area contributed by atoms with Crippen molar-refractivity contribution >= 4 is 39.6 Å². The number of furan rings is 1. The highest BCUT2D eigenvalue weighted by atomic mass is 19.1. The minimum absolute atomic E-state index is 0.0653. The molecule has 8 nitrogen and oxygen atoms in total. The second-order valence-electron chi connectivity index (χ2n) is 6.29. The third-order valence-corrected chi connectivity index (χ3v) is 4.24. The van der Waals surface area contributed by atoms with Crippen molar-refractivity contribution in [3.8, 4) is 0 Å². The number of anilines is 1. The first-order valence-corrected chi connectivity index (χ1v) is 8.70. The van der Waals surface area contributed by atoms with Gasteiger partial charge in [0.25, 0.3) is 5.56 Å². The molecule has 2 aromatic carbocycles. The molecule has 4 aromatic rings. The van der Waals surface area contributed by atoms with E-state index in [1.54, 1.807) is 18.2 Å². The van der Waals surface area contributed by atoms with Gasteiger partial charge in [-0.2, -0.15) is 0 Å². The fourth-order valence-electron chi connectivity index (χ4n) is 2.86. The largest absolute Gasteiger partial charge is 0.448 e. The first-order valence-electron chi connectivity index (χ1n) is 8.70. The normalized spacial score (nSPS) is 10.9. The fourth-order valence-corrected chi connectivity index (χ4v) is 2.86. The van der Waals surface area contributed by atoms with E-state index >= 15 is 0 Å². The Morgan fingerprint density at radius 1 is 1.07 bits per heavy atom. The van der Waals surface area contributed by atoms with Gasteiger partial charge in [0.05, 0.1) is 12.9 Å². The summed E-state index contributed by atoms with van der Waals surface area (Å²) in [5.41, 5.74) is 0.946. The smallest absolute Gasteiger partial charge is 0.297 e. The Morgan fingerprint density at radius 3 is 2.62 bits per heavy atom. The number of nitrogens with zero attached hydrogens (tertiary/aromatic N) is 2. The van der Waals surface area contributed by atoms with E-state index < -0.39 is 23.2 Å². The van der Waals surface area contributed by atoms with E-state index in [9.17, 15) is 18.8 Å². The molecule has 2 aromatic heterocycles. The summed E-state index contributed by atoms with van der Waals surface area (Å²) in [6.07, 6.45) is 1.27. The maximum absolute atomic E-state index is 12.9. The maximum Gasteiger partial charge on any atom is 0.297 e. The summed E-state index contributed by atoms with van der Waals surface area (Å²) >= 11 is 0. The molecule has 29 heavy (non-hydrogen) atoms. The number of fused-ring (bicyclic) bond motifs is 3. The number of benzene rings is 2. The second-order valence-corrected chi connectivity index (χ2v) is 6.29. The number of para-hydroxylation sites is 1. The topological polar surface area (TPSA) is 106 Å². The average molecular weight is 394 g/mol. The first-order chi connectivity index (χ1) is 14.0. The van der Waals surface area contributed by atoms with Gasteiger partial charge in [0.15, 0.2) is 0 Å². The van der Waals surface area contributed by atoms with Crippen LogP contribution in [-0.4, -0.2) is 27.9 Å². The van der Waals surface area contributed by atoms with E-state index in [0.29, 0.717) is 22.2 Å². The number of aromatic nitrogens is 2. The van der Waals surface area contributed by atoms with Gasteiger partial charge in [-0.1, -0.05) is 12.1 Å². The first kappa shape index (κ1) is 18.4.